The van der Waals surface area contributed by atoms with E-state index in [-0.39, 0.29) is 17.7 Å². The third-order valence-electron chi connectivity index (χ3n) is 4.80. The molecule has 1 saturated heterocycles. The summed E-state index contributed by atoms with van der Waals surface area (Å²) in [7, 11) is 0. The first-order valence-corrected chi connectivity index (χ1v) is 9.94. The largest absolute Gasteiger partial charge is 0.339 e. The highest BCUT2D eigenvalue weighted by atomic mass is 35.5. The number of amides is 1. The number of hydrogen-bond acceptors (Lipinski definition) is 2. The van der Waals surface area contributed by atoms with Crippen molar-refractivity contribution in [2.24, 2.45) is 0 Å². The molecule has 1 amide bonds. The summed E-state index contributed by atoms with van der Waals surface area (Å²) in [6.45, 7) is 9.99. The van der Waals surface area contributed by atoms with Crippen molar-refractivity contribution >= 4 is 29.1 Å². The quantitative estimate of drug-likeness (QED) is 0.671. The lowest BCUT2D eigenvalue weighted by molar-refractivity contribution is 0.0789. The summed E-state index contributed by atoms with van der Waals surface area (Å²) in [4.78, 5) is 15.2. The van der Waals surface area contributed by atoms with Gasteiger partial charge in [-0.25, -0.2) is 4.68 Å². The lowest BCUT2D eigenvalue weighted by Gasteiger charge is -2.19. The summed E-state index contributed by atoms with van der Waals surface area (Å²) >= 11 is 12.3. The van der Waals surface area contributed by atoms with E-state index in [4.69, 9.17) is 28.3 Å². The van der Waals surface area contributed by atoms with E-state index in [2.05, 4.69) is 27.7 Å². The number of benzene rings is 1. The van der Waals surface area contributed by atoms with E-state index in [1.165, 1.54) is 0 Å². The molecule has 140 valence electrons. The van der Waals surface area contributed by atoms with Crippen molar-refractivity contribution in [3.63, 3.8) is 0 Å². The molecule has 3 rings (SSSR count). The molecule has 0 atom stereocenters. The van der Waals surface area contributed by atoms with Crippen molar-refractivity contribution in [3.8, 4) is 5.69 Å². The van der Waals surface area contributed by atoms with Crippen LogP contribution in [0.15, 0.2) is 18.2 Å². The summed E-state index contributed by atoms with van der Waals surface area (Å²) in [6.07, 6.45) is 2.14. The van der Waals surface area contributed by atoms with Gasteiger partial charge < -0.3 is 4.90 Å². The fraction of sp³-hybridized carbons (Fsp3) is 0.500. The summed E-state index contributed by atoms with van der Waals surface area (Å²) in [5.41, 5.74) is 3.36. The van der Waals surface area contributed by atoms with Crippen LogP contribution in [0.1, 0.15) is 74.1 Å². The van der Waals surface area contributed by atoms with E-state index in [1.807, 2.05) is 15.6 Å². The number of carbonyl (C=O) groups is 1. The van der Waals surface area contributed by atoms with Crippen LogP contribution in [0.5, 0.6) is 0 Å². The zero-order valence-electron chi connectivity index (χ0n) is 15.7. The lowest BCUT2D eigenvalue weighted by atomic mass is 9.97. The number of carbonyl (C=O) groups excluding carboxylic acids is 1. The second kappa shape index (κ2) is 7.61. The Morgan fingerprint density at radius 3 is 2.23 bits per heavy atom. The third-order valence-corrected chi connectivity index (χ3v) is 5.54. The van der Waals surface area contributed by atoms with Crippen LogP contribution in [0, 0.1) is 0 Å². The minimum atomic E-state index is 0.0983. The second-order valence-electron chi connectivity index (χ2n) is 7.46. The van der Waals surface area contributed by atoms with Gasteiger partial charge in [-0.15, -0.1) is 0 Å². The third kappa shape index (κ3) is 3.49. The molecule has 0 N–H and O–H groups in total. The van der Waals surface area contributed by atoms with Crippen molar-refractivity contribution in [3.05, 3.63) is 45.2 Å². The van der Waals surface area contributed by atoms with Crippen LogP contribution in [-0.4, -0.2) is 33.7 Å². The Morgan fingerprint density at radius 1 is 1.04 bits per heavy atom. The molecule has 6 heteroatoms. The van der Waals surface area contributed by atoms with Gasteiger partial charge in [-0.2, -0.15) is 5.10 Å². The predicted molar refractivity (Wildman–Crippen MR) is 107 cm³/mol. The van der Waals surface area contributed by atoms with Gasteiger partial charge in [0.05, 0.1) is 32.7 Å². The van der Waals surface area contributed by atoms with Crippen molar-refractivity contribution in [2.45, 2.75) is 52.4 Å². The van der Waals surface area contributed by atoms with Crippen LogP contribution in [0.3, 0.4) is 0 Å². The molecule has 0 bridgehead atoms. The van der Waals surface area contributed by atoms with Gasteiger partial charge in [0.25, 0.3) is 5.91 Å². The number of hydrogen-bond donors (Lipinski definition) is 0. The Kier molecular flexibility index (Phi) is 5.64. The topological polar surface area (TPSA) is 38.1 Å². The molecule has 0 saturated carbocycles. The molecular weight excluding hydrogens is 369 g/mol. The Balaban J connectivity index is 2.20. The first-order valence-electron chi connectivity index (χ1n) is 9.18. The molecule has 1 aromatic heterocycles. The van der Waals surface area contributed by atoms with Crippen molar-refractivity contribution < 1.29 is 4.79 Å². The molecule has 26 heavy (non-hydrogen) atoms. The van der Waals surface area contributed by atoms with Crippen molar-refractivity contribution in [1.82, 2.24) is 14.7 Å². The van der Waals surface area contributed by atoms with E-state index >= 15 is 0 Å². The number of halogens is 2. The van der Waals surface area contributed by atoms with Crippen LogP contribution < -0.4 is 0 Å². The van der Waals surface area contributed by atoms with E-state index in [9.17, 15) is 4.79 Å². The fourth-order valence-electron chi connectivity index (χ4n) is 3.50. The Bertz CT molecular complexity index is 821. The first kappa shape index (κ1) is 19.2. The van der Waals surface area contributed by atoms with Gasteiger partial charge in [-0.3, -0.25) is 4.79 Å². The van der Waals surface area contributed by atoms with E-state index in [0.717, 1.165) is 48.6 Å². The van der Waals surface area contributed by atoms with Crippen LogP contribution in [0.25, 0.3) is 5.69 Å². The molecule has 0 unspecified atom stereocenters. The molecule has 2 aromatic rings. The van der Waals surface area contributed by atoms with Gasteiger partial charge in [0.2, 0.25) is 0 Å². The highest BCUT2D eigenvalue weighted by Gasteiger charge is 2.31. The molecule has 1 aliphatic rings. The molecule has 1 aliphatic heterocycles. The summed E-state index contributed by atoms with van der Waals surface area (Å²) < 4.78 is 1.87. The molecule has 1 fully saturated rings. The number of aromatic nitrogens is 2. The lowest BCUT2D eigenvalue weighted by Crippen LogP contribution is -2.29. The Morgan fingerprint density at radius 2 is 1.69 bits per heavy atom. The highest BCUT2D eigenvalue weighted by Crippen LogP contribution is 2.33. The second-order valence-corrected chi connectivity index (χ2v) is 8.28. The molecule has 1 aromatic carbocycles. The minimum Gasteiger partial charge on any atom is -0.339 e. The molecule has 2 heterocycles. The highest BCUT2D eigenvalue weighted by molar-refractivity contribution is 6.42. The smallest absolute Gasteiger partial charge is 0.257 e. The van der Waals surface area contributed by atoms with Crippen molar-refractivity contribution in [2.75, 3.05) is 13.1 Å². The maximum atomic E-state index is 13.3. The van der Waals surface area contributed by atoms with E-state index in [1.54, 1.807) is 12.1 Å². The van der Waals surface area contributed by atoms with Gasteiger partial charge in [-0.1, -0.05) is 50.9 Å². The molecule has 0 aliphatic carbocycles. The molecular formula is C20H25Cl2N3O. The number of likely N-dealkylation sites (tertiary alicyclic amines) is 1. The SMILES string of the molecule is CC(C)c1nn(-c2ccc(Cl)c(Cl)c2)c(C(C)C)c1C(=O)N1CCCC1. The summed E-state index contributed by atoms with van der Waals surface area (Å²) in [5, 5.41) is 5.82. The fourth-order valence-corrected chi connectivity index (χ4v) is 3.79. The van der Waals surface area contributed by atoms with E-state index in [0.29, 0.717) is 10.0 Å². The average Bonchev–Trinajstić information content (AvgIpc) is 3.24. The molecule has 0 spiro atoms. The first-order chi connectivity index (χ1) is 12.3. The molecule has 4 nitrogen and oxygen atoms in total. The van der Waals surface area contributed by atoms with Gasteiger partial charge in [0.1, 0.15) is 0 Å². The standard InChI is InChI=1S/C20H25Cl2N3O/c1-12(2)18-17(20(26)24-9-5-6-10-24)19(13(3)4)25(23-18)14-7-8-15(21)16(22)11-14/h7-8,11-13H,5-6,9-10H2,1-4H3. The van der Waals surface area contributed by atoms with Gasteiger partial charge in [0, 0.05) is 13.1 Å². The summed E-state index contributed by atoms with van der Waals surface area (Å²) in [5.74, 6) is 0.394. The Hall–Kier alpha value is -1.52. The normalized spacial score (nSPS) is 14.7. The zero-order valence-corrected chi connectivity index (χ0v) is 17.2. The van der Waals surface area contributed by atoms with Crippen LogP contribution in [-0.2, 0) is 0 Å². The maximum Gasteiger partial charge on any atom is 0.257 e. The van der Waals surface area contributed by atoms with Gasteiger partial charge in [0.15, 0.2) is 0 Å². The number of nitrogens with zero attached hydrogens (tertiary/aromatic N) is 3. The minimum absolute atomic E-state index is 0.0983. The maximum absolute atomic E-state index is 13.3. The zero-order chi connectivity index (χ0) is 19.0. The predicted octanol–water partition coefficient (Wildman–Crippen LogP) is 5.66. The van der Waals surface area contributed by atoms with Crippen LogP contribution >= 0.6 is 23.2 Å². The monoisotopic (exact) mass is 393 g/mol. The average molecular weight is 394 g/mol. The van der Waals surface area contributed by atoms with Crippen molar-refractivity contribution in [1.29, 1.82) is 0 Å². The summed E-state index contributed by atoms with van der Waals surface area (Å²) in [6, 6.07) is 5.46. The van der Waals surface area contributed by atoms with Crippen LogP contribution in [0.2, 0.25) is 10.0 Å². The number of rotatable bonds is 4. The van der Waals surface area contributed by atoms with Gasteiger partial charge in [-0.05, 0) is 42.9 Å². The Labute approximate surface area is 165 Å². The van der Waals surface area contributed by atoms with Crippen LogP contribution in [0.4, 0.5) is 0 Å². The molecule has 0 radical (unpaired) electrons. The van der Waals surface area contributed by atoms with Gasteiger partial charge >= 0.3 is 0 Å². The van der Waals surface area contributed by atoms with E-state index < -0.39 is 0 Å².